The van der Waals surface area contributed by atoms with Gasteiger partial charge in [-0.25, -0.2) is 4.72 Å². The van der Waals surface area contributed by atoms with E-state index in [-0.39, 0.29) is 0 Å². The minimum Gasteiger partial charge on any atom is -0.296 e. The summed E-state index contributed by atoms with van der Waals surface area (Å²) in [4.78, 5) is 14.9. The summed E-state index contributed by atoms with van der Waals surface area (Å²) >= 11 is 0. The minimum absolute atomic E-state index is 0.352. The molecule has 4 rings (SSSR count). The van der Waals surface area contributed by atoms with E-state index in [1.807, 2.05) is 48.5 Å². The molecule has 1 amide bonds. The number of fused-ring (bicyclic) bond motifs is 1. The van der Waals surface area contributed by atoms with Gasteiger partial charge in [-0.05, 0) is 22.4 Å². The van der Waals surface area contributed by atoms with Crippen LogP contribution in [0.4, 0.5) is 0 Å². The first-order valence-corrected chi connectivity index (χ1v) is 11.0. The van der Waals surface area contributed by atoms with Gasteiger partial charge in [0.15, 0.2) is 0 Å². The van der Waals surface area contributed by atoms with Crippen molar-refractivity contribution in [2.45, 2.75) is 6.54 Å². The van der Waals surface area contributed by atoms with Gasteiger partial charge in [-0.1, -0.05) is 66.7 Å². The number of carbonyl (C=O) groups excluding carboxylic acids is 1. The number of nitrogens with zero attached hydrogens (tertiary/aromatic N) is 2. The monoisotopic (exact) mass is 409 g/mol. The highest BCUT2D eigenvalue weighted by Gasteiger charge is 2.29. The molecule has 6 nitrogen and oxygen atoms in total. The Kier molecular flexibility index (Phi) is 5.62. The molecule has 1 saturated heterocycles. The minimum atomic E-state index is -3.89. The maximum Gasteiger partial charge on any atom is 0.304 e. The molecule has 7 heteroatoms. The van der Waals surface area contributed by atoms with Gasteiger partial charge < -0.3 is 0 Å². The molecule has 0 aromatic heterocycles. The second-order valence-corrected chi connectivity index (χ2v) is 8.79. The molecule has 0 saturated carbocycles. The molecule has 29 heavy (non-hydrogen) atoms. The molecule has 1 N–H and O–H groups in total. The second kappa shape index (κ2) is 8.32. The highest BCUT2D eigenvalue weighted by atomic mass is 32.2. The maximum absolute atomic E-state index is 12.7. The molecule has 0 radical (unpaired) electrons. The van der Waals surface area contributed by atoms with Gasteiger partial charge in [-0.3, -0.25) is 9.69 Å². The lowest BCUT2D eigenvalue weighted by Gasteiger charge is -2.33. The first-order chi connectivity index (χ1) is 14.0. The Hall–Kier alpha value is -2.74. The zero-order valence-corrected chi connectivity index (χ0v) is 16.8. The normalized spacial score (nSPS) is 16.0. The Bertz CT molecular complexity index is 1100. The summed E-state index contributed by atoms with van der Waals surface area (Å²) in [7, 11) is -3.89. The van der Waals surface area contributed by atoms with Crippen molar-refractivity contribution in [2.75, 3.05) is 26.2 Å². The molecule has 1 aliphatic rings. The van der Waals surface area contributed by atoms with Crippen molar-refractivity contribution < 1.29 is 13.2 Å². The average molecular weight is 410 g/mol. The van der Waals surface area contributed by atoms with Gasteiger partial charge in [0.2, 0.25) is 0 Å². The fraction of sp³-hybridized carbons (Fsp3) is 0.227. The van der Waals surface area contributed by atoms with Gasteiger partial charge in [-0.15, -0.1) is 0 Å². The standard InChI is InChI=1S/C22H23N3O3S/c26-22(21-12-6-10-19-9-4-5-11-20(19)21)23-29(27,28)25-15-13-24(14-16-25)17-18-7-2-1-3-8-18/h1-12H,13-17H2,(H,23,26). The van der Waals surface area contributed by atoms with Crippen molar-refractivity contribution in [3.05, 3.63) is 83.9 Å². The predicted molar refractivity (Wildman–Crippen MR) is 114 cm³/mol. The molecule has 3 aromatic carbocycles. The molecule has 0 atom stereocenters. The van der Waals surface area contributed by atoms with Crippen LogP contribution >= 0.6 is 0 Å². The molecule has 1 fully saturated rings. The molecule has 0 spiro atoms. The lowest BCUT2D eigenvalue weighted by molar-refractivity contribution is 0.0978. The van der Waals surface area contributed by atoms with Crippen LogP contribution in [0, 0.1) is 0 Å². The Balaban J connectivity index is 1.41. The lowest BCUT2D eigenvalue weighted by atomic mass is 10.0. The first-order valence-electron chi connectivity index (χ1n) is 9.59. The molecule has 0 aliphatic carbocycles. The van der Waals surface area contributed by atoms with Crippen LogP contribution < -0.4 is 4.72 Å². The number of nitrogens with one attached hydrogen (secondary N) is 1. The van der Waals surface area contributed by atoms with E-state index in [0.29, 0.717) is 31.7 Å². The van der Waals surface area contributed by atoms with Crippen LogP contribution in [-0.2, 0) is 16.8 Å². The fourth-order valence-corrected chi connectivity index (χ4v) is 4.75. The SMILES string of the molecule is O=C(NS(=O)(=O)N1CCN(Cc2ccccc2)CC1)c1cccc2ccccc12. The molecule has 0 unspecified atom stereocenters. The Morgan fingerprint density at radius 2 is 1.48 bits per heavy atom. The van der Waals surface area contributed by atoms with E-state index < -0.39 is 16.1 Å². The van der Waals surface area contributed by atoms with Crippen LogP contribution in [0.3, 0.4) is 0 Å². The summed E-state index contributed by atoms with van der Waals surface area (Å²) < 4.78 is 29.1. The van der Waals surface area contributed by atoms with E-state index in [0.717, 1.165) is 17.3 Å². The van der Waals surface area contributed by atoms with Crippen LogP contribution in [0.1, 0.15) is 15.9 Å². The van der Waals surface area contributed by atoms with Crippen molar-refractivity contribution in [3.63, 3.8) is 0 Å². The largest absolute Gasteiger partial charge is 0.304 e. The van der Waals surface area contributed by atoms with Crippen molar-refractivity contribution in [2.24, 2.45) is 0 Å². The second-order valence-electron chi connectivity index (χ2n) is 7.12. The van der Waals surface area contributed by atoms with Gasteiger partial charge in [0, 0.05) is 38.3 Å². The number of piperazine rings is 1. The quantitative estimate of drug-likeness (QED) is 0.703. The van der Waals surface area contributed by atoms with Crippen molar-refractivity contribution in [1.29, 1.82) is 0 Å². The van der Waals surface area contributed by atoms with Crippen LogP contribution in [0.2, 0.25) is 0 Å². The topological polar surface area (TPSA) is 69.7 Å². The molecule has 3 aromatic rings. The van der Waals surface area contributed by atoms with E-state index in [4.69, 9.17) is 0 Å². The summed E-state index contributed by atoms with van der Waals surface area (Å²) in [5, 5.41) is 1.63. The molecular weight excluding hydrogens is 386 g/mol. The highest BCUT2D eigenvalue weighted by molar-refractivity contribution is 7.87. The summed E-state index contributed by atoms with van der Waals surface area (Å²) in [5.41, 5.74) is 1.56. The number of hydrogen-bond donors (Lipinski definition) is 1. The Morgan fingerprint density at radius 1 is 0.828 bits per heavy atom. The van der Waals surface area contributed by atoms with Crippen LogP contribution in [0.5, 0.6) is 0 Å². The Morgan fingerprint density at radius 3 is 2.24 bits per heavy atom. The third-order valence-electron chi connectivity index (χ3n) is 5.18. The first kappa shape index (κ1) is 19.6. The summed E-state index contributed by atoms with van der Waals surface area (Å²) in [5.74, 6) is -0.603. The molecule has 1 heterocycles. The highest BCUT2D eigenvalue weighted by Crippen LogP contribution is 2.19. The maximum atomic E-state index is 12.7. The molecule has 150 valence electrons. The van der Waals surface area contributed by atoms with Crippen LogP contribution in [0.15, 0.2) is 72.8 Å². The number of hydrogen-bond acceptors (Lipinski definition) is 4. The lowest BCUT2D eigenvalue weighted by Crippen LogP contribution is -2.52. The smallest absolute Gasteiger partial charge is 0.296 e. The van der Waals surface area contributed by atoms with Crippen molar-refractivity contribution >= 4 is 26.9 Å². The predicted octanol–water partition coefficient (Wildman–Crippen LogP) is 2.63. The van der Waals surface area contributed by atoms with Gasteiger partial charge in [0.1, 0.15) is 0 Å². The summed E-state index contributed by atoms with van der Waals surface area (Å²) in [6.07, 6.45) is 0. The van der Waals surface area contributed by atoms with Crippen molar-refractivity contribution in [3.8, 4) is 0 Å². The third kappa shape index (κ3) is 4.48. The van der Waals surface area contributed by atoms with Crippen molar-refractivity contribution in [1.82, 2.24) is 13.9 Å². The van der Waals surface area contributed by atoms with Gasteiger partial charge in [-0.2, -0.15) is 12.7 Å². The third-order valence-corrected chi connectivity index (χ3v) is 6.66. The van der Waals surface area contributed by atoms with Crippen LogP contribution in [-0.4, -0.2) is 49.7 Å². The fourth-order valence-electron chi connectivity index (χ4n) is 3.63. The van der Waals surface area contributed by atoms with Gasteiger partial charge in [0.25, 0.3) is 5.91 Å². The average Bonchev–Trinajstić information content (AvgIpc) is 2.74. The van der Waals surface area contributed by atoms with E-state index in [1.54, 1.807) is 12.1 Å². The number of carbonyl (C=O) groups is 1. The molecule has 0 bridgehead atoms. The van der Waals surface area contributed by atoms with Gasteiger partial charge >= 0.3 is 10.2 Å². The number of benzene rings is 3. The van der Waals surface area contributed by atoms with Gasteiger partial charge in [0.05, 0.1) is 0 Å². The molecule has 1 aliphatic heterocycles. The molecular formula is C22H23N3O3S. The summed E-state index contributed by atoms with van der Waals surface area (Å²) in [6, 6.07) is 22.8. The summed E-state index contributed by atoms with van der Waals surface area (Å²) in [6.45, 7) is 2.74. The van der Waals surface area contributed by atoms with E-state index in [1.165, 1.54) is 9.87 Å². The van der Waals surface area contributed by atoms with E-state index >= 15 is 0 Å². The zero-order valence-electron chi connectivity index (χ0n) is 16.0. The Labute approximate surface area is 170 Å². The number of rotatable bonds is 5. The van der Waals surface area contributed by atoms with Crippen LogP contribution in [0.25, 0.3) is 10.8 Å². The number of amides is 1. The van der Waals surface area contributed by atoms with E-state index in [9.17, 15) is 13.2 Å². The van der Waals surface area contributed by atoms with E-state index in [2.05, 4.69) is 21.8 Å². The zero-order chi connectivity index (χ0) is 20.3.